The molecule has 1 amide bonds. The fourth-order valence-corrected chi connectivity index (χ4v) is 2.34. The number of hydrogen-bond donors (Lipinski definition) is 1. The van der Waals surface area contributed by atoms with E-state index in [1.54, 1.807) is 12.3 Å². The maximum Gasteiger partial charge on any atom is 0.239 e. The minimum atomic E-state index is -0.326. The van der Waals surface area contributed by atoms with Crippen LogP contribution in [0.25, 0.3) is 0 Å². The third-order valence-electron chi connectivity index (χ3n) is 3.34. The average molecular weight is 288 g/mol. The molecule has 0 aromatic carbocycles. The third kappa shape index (κ3) is 4.00. The van der Waals surface area contributed by atoms with Gasteiger partial charge >= 0.3 is 0 Å². The minimum absolute atomic E-state index is 0.0351. The third-order valence-corrected chi connectivity index (χ3v) is 3.34. The highest BCUT2D eigenvalue weighted by Gasteiger charge is 2.30. The first kappa shape index (κ1) is 15.4. The number of nitriles is 1. The summed E-state index contributed by atoms with van der Waals surface area (Å²) in [7, 11) is 0. The van der Waals surface area contributed by atoms with Crippen molar-refractivity contribution in [1.82, 2.24) is 15.2 Å². The van der Waals surface area contributed by atoms with Gasteiger partial charge in [-0.25, -0.2) is 4.98 Å². The SMILES string of the molecule is CC(C)NC(=O)C1COCCN1Cc1cccnc1C#N. The molecule has 1 aromatic rings. The lowest BCUT2D eigenvalue weighted by atomic mass is 10.1. The standard InChI is InChI=1S/C15H20N4O2/c1-11(2)18-15(20)14-10-21-7-6-19(14)9-12-4-3-5-17-13(12)8-16/h3-5,11,14H,6-7,9-10H2,1-2H3,(H,18,20). The summed E-state index contributed by atoms with van der Waals surface area (Å²) in [6, 6.07) is 5.54. The predicted molar refractivity (Wildman–Crippen MR) is 77.2 cm³/mol. The van der Waals surface area contributed by atoms with Crippen LogP contribution in [0.3, 0.4) is 0 Å². The Morgan fingerprint density at radius 2 is 2.48 bits per heavy atom. The first-order chi connectivity index (χ1) is 10.1. The summed E-state index contributed by atoms with van der Waals surface area (Å²) < 4.78 is 5.43. The molecule has 2 heterocycles. The molecule has 1 fully saturated rings. The van der Waals surface area contributed by atoms with E-state index in [1.165, 1.54) is 0 Å². The Kier molecular flexibility index (Phi) is 5.26. The Labute approximate surface area is 124 Å². The number of pyridine rings is 1. The molecule has 1 atom stereocenters. The van der Waals surface area contributed by atoms with E-state index in [0.717, 1.165) is 5.56 Å². The molecule has 0 aliphatic carbocycles. The second kappa shape index (κ2) is 7.16. The number of hydrogen-bond acceptors (Lipinski definition) is 5. The van der Waals surface area contributed by atoms with Crippen LogP contribution in [-0.2, 0) is 16.1 Å². The van der Waals surface area contributed by atoms with Crippen LogP contribution in [0, 0.1) is 11.3 Å². The maximum absolute atomic E-state index is 12.3. The van der Waals surface area contributed by atoms with Gasteiger partial charge in [0.2, 0.25) is 5.91 Å². The Hall–Kier alpha value is -1.97. The molecule has 0 spiro atoms. The lowest BCUT2D eigenvalue weighted by molar-refractivity contribution is -0.133. The monoisotopic (exact) mass is 288 g/mol. The van der Waals surface area contributed by atoms with Crippen molar-refractivity contribution < 1.29 is 9.53 Å². The molecule has 6 heteroatoms. The van der Waals surface area contributed by atoms with Gasteiger partial charge in [-0.1, -0.05) is 6.07 Å². The Bertz CT molecular complexity index is 539. The van der Waals surface area contributed by atoms with Gasteiger partial charge in [0.15, 0.2) is 0 Å². The van der Waals surface area contributed by atoms with Gasteiger partial charge in [0.25, 0.3) is 0 Å². The van der Waals surface area contributed by atoms with E-state index in [9.17, 15) is 4.79 Å². The van der Waals surface area contributed by atoms with E-state index in [4.69, 9.17) is 10.00 Å². The van der Waals surface area contributed by atoms with Crippen molar-refractivity contribution in [2.45, 2.75) is 32.5 Å². The average Bonchev–Trinajstić information content (AvgIpc) is 2.47. The Morgan fingerprint density at radius 3 is 3.19 bits per heavy atom. The minimum Gasteiger partial charge on any atom is -0.378 e. The van der Waals surface area contributed by atoms with Crippen LogP contribution < -0.4 is 5.32 Å². The van der Waals surface area contributed by atoms with Gasteiger partial charge in [0.05, 0.1) is 13.2 Å². The molecule has 2 rings (SSSR count). The topological polar surface area (TPSA) is 78.2 Å². The molecule has 0 saturated carbocycles. The highest BCUT2D eigenvalue weighted by atomic mass is 16.5. The second-order valence-corrected chi connectivity index (χ2v) is 5.35. The molecular formula is C15H20N4O2. The quantitative estimate of drug-likeness (QED) is 0.881. The van der Waals surface area contributed by atoms with Crippen molar-refractivity contribution in [3.63, 3.8) is 0 Å². The van der Waals surface area contributed by atoms with Gasteiger partial charge in [-0.05, 0) is 19.9 Å². The van der Waals surface area contributed by atoms with Gasteiger partial charge < -0.3 is 10.1 Å². The summed E-state index contributed by atoms with van der Waals surface area (Å²) in [6.45, 7) is 6.02. The van der Waals surface area contributed by atoms with Gasteiger partial charge in [0, 0.05) is 30.9 Å². The summed E-state index contributed by atoms with van der Waals surface area (Å²) in [5.74, 6) is -0.0351. The summed E-state index contributed by atoms with van der Waals surface area (Å²) in [6.07, 6.45) is 1.60. The molecule has 1 saturated heterocycles. The number of amides is 1. The number of carbonyl (C=O) groups excluding carboxylic acids is 1. The number of nitrogens with zero attached hydrogens (tertiary/aromatic N) is 3. The van der Waals surface area contributed by atoms with Gasteiger partial charge in [-0.2, -0.15) is 5.26 Å². The van der Waals surface area contributed by atoms with Crippen LogP contribution in [0.5, 0.6) is 0 Å². The first-order valence-corrected chi connectivity index (χ1v) is 7.08. The van der Waals surface area contributed by atoms with Gasteiger partial charge in [-0.3, -0.25) is 9.69 Å². The van der Waals surface area contributed by atoms with Gasteiger partial charge in [0.1, 0.15) is 17.8 Å². The van der Waals surface area contributed by atoms with Crippen molar-refractivity contribution in [1.29, 1.82) is 5.26 Å². The Morgan fingerprint density at radius 1 is 1.67 bits per heavy atom. The molecule has 1 aliphatic heterocycles. The summed E-state index contributed by atoms with van der Waals surface area (Å²) in [4.78, 5) is 18.4. The van der Waals surface area contributed by atoms with Crippen LogP contribution >= 0.6 is 0 Å². The zero-order chi connectivity index (χ0) is 15.2. The summed E-state index contributed by atoms with van der Waals surface area (Å²) in [5.41, 5.74) is 1.25. The molecule has 112 valence electrons. The maximum atomic E-state index is 12.3. The van der Waals surface area contributed by atoms with E-state index in [0.29, 0.717) is 32.0 Å². The van der Waals surface area contributed by atoms with E-state index in [1.807, 2.05) is 24.8 Å². The molecule has 1 N–H and O–H groups in total. The van der Waals surface area contributed by atoms with Crippen LogP contribution in [0.4, 0.5) is 0 Å². The molecule has 1 aliphatic rings. The zero-order valence-corrected chi connectivity index (χ0v) is 12.4. The number of ether oxygens (including phenoxy) is 1. The van der Waals surface area contributed by atoms with Crippen molar-refractivity contribution in [3.8, 4) is 6.07 Å². The molecule has 0 radical (unpaired) electrons. The fraction of sp³-hybridized carbons (Fsp3) is 0.533. The summed E-state index contributed by atoms with van der Waals surface area (Å²) >= 11 is 0. The van der Waals surface area contributed by atoms with Crippen LogP contribution in [0.15, 0.2) is 18.3 Å². The Balaban J connectivity index is 2.12. The number of aromatic nitrogens is 1. The fourth-order valence-electron chi connectivity index (χ4n) is 2.34. The predicted octanol–water partition coefficient (Wildman–Crippen LogP) is 0.679. The van der Waals surface area contributed by atoms with Crippen molar-refractivity contribution in [3.05, 3.63) is 29.6 Å². The molecule has 6 nitrogen and oxygen atoms in total. The molecular weight excluding hydrogens is 268 g/mol. The number of nitrogens with one attached hydrogen (secondary N) is 1. The highest BCUT2D eigenvalue weighted by Crippen LogP contribution is 2.14. The largest absolute Gasteiger partial charge is 0.378 e. The normalized spacial score (nSPS) is 19.2. The lowest BCUT2D eigenvalue weighted by Crippen LogP contribution is -2.54. The van der Waals surface area contributed by atoms with E-state index in [-0.39, 0.29) is 18.0 Å². The van der Waals surface area contributed by atoms with Crippen LogP contribution in [0.1, 0.15) is 25.1 Å². The second-order valence-electron chi connectivity index (χ2n) is 5.35. The van der Waals surface area contributed by atoms with Crippen molar-refractivity contribution in [2.75, 3.05) is 19.8 Å². The number of carbonyl (C=O) groups is 1. The molecule has 1 aromatic heterocycles. The van der Waals surface area contributed by atoms with Gasteiger partial charge in [-0.15, -0.1) is 0 Å². The van der Waals surface area contributed by atoms with Crippen LogP contribution in [0.2, 0.25) is 0 Å². The first-order valence-electron chi connectivity index (χ1n) is 7.08. The van der Waals surface area contributed by atoms with E-state index >= 15 is 0 Å². The lowest BCUT2D eigenvalue weighted by Gasteiger charge is -2.35. The highest BCUT2D eigenvalue weighted by molar-refractivity contribution is 5.82. The smallest absolute Gasteiger partial charge is 0.239 e. The molecule has 0 bridgehead atoms. The van der Waals surface area contributed by atoms with Crippen molar-refractivity contribution >= 4 is 5.91 Å². The van der Waals surface area contributed by atoms with Crippen LogP contribution in [-0.4, -0.2) is 47.6 Å². The van der Waals surface area contributed by atoms with Crippen molar-refractivity contribution in [2.24, 2.45) is 0 Å². The van der Waals surface area contributed by atoms with E-state index in [2.05, 4.69) is 16.4 Å². The molecule has 21 heavy (non-hydrogen) atoms. The number of morpholine rings is 1. The summed E-state index contributed by atoms with van der Waals surface area (Å²) in [5, 5.41) is 12.0. The molecule has 1 unspecified atom stereocenters. The number of rotatable bonds is 4. The van der Waals surface area contributed by atoms with E-state index < -0.39 is 0 Å². The zero-order valence-electron chi connectivity index (χ0n) is 12.4.